The Balaban J connectivity index is 1.98. The molecule has 2 amide bonds. The average Bonchev–Trinajstić information content (AvgIpc) is 2.44. The van der Waals surface area contributed by atoms with E-state index in [4.69, 9.17) is 11.6 Å². The van der Waals surface area contributed by atoms with Gasteiger partial charge in [0, 0.05) is 20.6 Å². The molecule has 0 saturated carbocycles. The molecule has 0 aromatic heterocycles. The molecule has 2 aromatic carbocycles. The second kappa shape index (κ2) is 6.54. The van der Waals surface area contributed by atoms with Crippen LogP contribution in [-0.2, 0) is 0 Å². The van der Waals surface area contributed by atoms with Gasteiger partial charge in [0.1, 0.15) is 0 Å². The van der Waals surface area contributed by atoms with Gasteiger partial charge in [-0.15, -0.1) is 0 Å². The zero-order chi connectivity index (χ0) is 14.5. The van der Waals surface area contributed by atoms with Crippen molar-refractivity contribution in [3.63, 3.8) is 0 Å². The molecule has 0 radical (unpaired) electrons. The van der Waals surface area contributed by atoms with Crippen molar-refractivity contribution in [2.45, 2.75) is 0 Å². The number of halogens is 2. The molecular formula is C14H10BrClN2O2. The number of rotatable bonds is 2. The van der Waals surface area contributed by atoms with E-state index in [0.717, 1.165) is 4.47 Å². The van der Waals surface area contributed by atoms with Gasteiger partial charge in [0.15, 0.2) is 0 Å². The summed E-state index contributed by atoms with van der Waals surface area (Å²) < 4.78 is 0.784. The predicted octanol–water partition coefficient (Wildman–Crippen LogP) is 3.18. The van der Waals surface area contributed by atoms with E-state index in [9.17, 15) is 9.59 Å². The summed E-state index contributed by atoms with van der Waals surface area (Å²) >= 11 is 9.07. The molecule has 102 valence electrons. The number of hydrazine groups is 1. The summed E-state index contributed by atoms with van der Waals surface area (Å²) in [6.45, 7) is 0. The highest BCUT2D eigenvalue weighted by molar-refractivity contribution is 9.10. The fourth-order valence-corrected chi connectivity index (χ4v) is 2.11. The van der Waals surface area contributed by atoms with Crippen molar-refractivity contribution in [2.75, 3.05) is 0 Å². The van der Waals surface area contributed by atoms with Gasteiger partial charge in [-0.25, -0.2) is 0 Å². The molecular weight excluding hydrogens is 344 g/mol. The van der Waals surface area contributed by atoms with Crippen LogP contribution < -0.4 is 10.9 Å². The molecule has 2 N–H and O–H groups in total. The lowest BCUT2D eigenvalue weighted by atomic mass is 10.2. The molecule has 0 spiro atoms. The third kappa shape index (κ3) is 3.82. The van der Waals surface area contributed by atoms with Crippen LogP contribution in [0.3, 0.4) is 0 Å². The van der Waals surface area contributed by atoms with Crippen LogP contribution in [0.25, 0.3) is 0 Å². The maximum Gasteiger partial charge on any atom is 0.269 e. The zero-order valence-corrected chi connectivity index (χ0v) is 12.5. The lowest BCUT2D eigenvalue weighted by molar-refractivity contribution is 0.0846. The van der Waals surface area contributed by atoms with Crippen molar-refractivity contribution >= 4 is 39.3 Å². The van der Waals surface area contributed by atoms with Gasteiger partial charge in [0.2, 0.25) is 0 Å². The lowest BCUT2D eigenvalue weighted by Gasteiger charge is -2.07. The van der Waals surface area contributed by atoms with Gasteiger partial charge in [-0.3, -0.25) is 20.4 Å². The van der Waals surface area contributed by atoms with Crippen LogP contribution in [0.4, 0.5) is 0 Å². The van der Waals surface area contributed by atoms with Gasteiger partial charge < -0.3 is 0 Å². The zero-order valence-electron chi connectivity index (χ0n) is 10.2. The number of hydrogen-bond donors (Lipinski definition) is 2. The molecule has 0 unspecified atom stereocenters. The van der Waals surface area contributed by atoms with Crippen molar-refractivity contribution in [1.29, 1.82) is 0 Å². The van der Waals surface area contributed by atoms with Gasteiger partial charge in [0.05, 0.1) is 0 Å². The van der Waals surface area contributed by atoms with Crippen LogP contribution in [0.2, 0.25) is 5.02 Å². The lowest BCUT2D eigenvalue weighted by Crippen LogP contribution is -2.41. The highest BCUT2D eigenvalue weighted by Gasteiger charge is 2.09. The summed E-state index contributed by atoms with van der Waals surface area (Å²) in [4.78, 5) is 23.6. The predicted molar refractivity (Wildman–Crippen MR) is 80.5 cm³/mol. The van der Waals surface area contributed by atoms with Crippen LogP contribution in [0, 0.1) is 0 Å². The number of carbonyl (C=O) groups excluding carboxylic acids is 2. The minimum atomic E-state index is -0.434. The summed E-state index contributed by atoms with van der Waals surface area (Å²) in [7, 11) is 0. The van der Waals surface area contributed by atoms with E-state index in [1.54, 1.807) is 42.5 Å². The number of benzene rings is 2. The highest BCUT2D eigenvalue weighted by atomic mass is 79.9. The Morgan fingerprint density at radius 1 is 0.900 bits per heavy atom. The van der Waals surface area contributed by atoms with Crippen molar-refractivity contribution in [2.24, 2.45) is 0 Å². The summed E-state index contributed by atoms with van der Waals surface area (Å²) in [6, 6.07) is 13.3. The van der Waals surface area contributed by atoms with Gasteiger partial charge in [-0.2, -0.15) is 0 Å². The maximum atomic E-state index is 11.8. The van der Waals surface area contributed by atoms with E-state index in [0.29, 0.717) is 16.1 Å². The normalized spacial score (nSPS) is 9.90. The fraction of sp³-hybridized carbons (Fsp3) is 0. The van der Waals surface area contributed by atoms with E-state index in [1.807, 2.05) is 0 Å². The quantitative estimate of drug-likeness (QED) is 0.815. The van der Waals surface area contributed by atoms with Crippen LogP contribution in [0.1, 0.15) is 20.7 Å². The molecule has 2 rings (SSSR count). The molecule has 0 aliphatic carbocycles. The summed E-state index contributed by atoms with van der Waals surface area (Å²) in [6.07, 6.45) is 0. The molecule has 6 heteroatoms. The Hall–Kier alpha value is -1.85. The minimum Gasteiger partial charge on any atom is -0.267 e. The molecule has 0 aliphatic heterocycles. The molecule has 0 bridgehead atoms. The first-order chi connectivity index (χ1) is 9.56. The molecule has 0 saturated heterocycles. The molecule has 0 atom stereocenters. The Labute approximate surface area is 129 Å². The van der Waals surface area contributed by atoms with Gasteiger partial charge in [0.25, 0.3) is 11.8 Å². The maximum absolute atomic E-state index is 11.8. The SMILES string of the molecule is O=C(NNC(=O)c1cccc(Br)c1)c1cccc(Cl)c1. The van der Waals surface area contributed by atoms with E-state index in [1.165, 1.54) is 6.07 Å². The molecule has 0 heterocycles. The van der Waals surface area contributed by atoms with E-state index in [-0.39, 0.29) is 0 Å². The molecule has 0 fully saturated rings. The van der Waals surface area contributed by atoms with Crippen molar-refractivity contribution in [1.82, 2.24) is 10.9 Å². The van der Waals surface area contributed by atoms with Gasteiger partial charge in [-0.05, 0) is 36.4 Å². The number of amides is 2. The van der Waals surface area contributed by atoms with Crippen molar-refractivity contribution in [3.05, 3.63) is 69.2 Å². The number of nitrogens with one attached hydrogen (secondary N) is 2. The highest BCUT2D eigenvalue weighted by Crippen LogP contribution is 2.12. The minimum absolute atomic E-state index is 0.368. The largest absolute Gasteiger partial charge is 0.269 e. The van der Waals surface area contributed by atoms with E-state index in [2.05, 4.69) is 26.8 Å². The molecule has 4 nitrogen and oxygen atoms in total. The van der Waals surface area contributed by atoms with Crippen molar-refractivity contribution < 1.29 is 9.59 Å². The van der Waals surface area contributed by atoms with E-state index < -0.39 is 11.8 Å². The standard InChI is InChI=1S/C14H10BrClN2O2/c15-11-5-1-3-9(7-11)13(19)17-18-14(20)10-4-2-6-12(16)8-10/h1-8H,(H,17,19)(H,18,20). The Morgan fingerprint density at radius 2 is 1.45 bits per heavy atom. The smallest absolute Gasteiger partial charge is 0.267 e. The Kier molecular flexibility index (Phi) is 4.76. The second-order valence-corrected chi connectivity index (χ2v) is 5.28. The van der Waals surface area contributed by atoms with Crippen LogP contribution in [0.15, 0.2) is 53.0 Å². The monoisotopic (exact) mass is 352 g/mol. The van der Waals surface area contributed by atoms with Gasteiger partial charge in [-0.1, -0.05) is 39.7 Å². The van der Waals surface area contributed by atoms with Crippen LogP contribution in [0.5, 0.6) is 0 Å². The van der Waals surface area contributed by atoms with E-state index >= 15 is 0 Å². The first-order valence-electron chi connectivity index (χ1n) is 5.68. The summed E-state index contributed by atoms with van der Waals surface area (Å²) in [5, 5.41) is 0.455. The Bertz CT molecular complexity index is 604. The molecule has 2 aromatic rings. The number of carbonyl (C=O) groups is 2. The van der Waals surface area contributed by atoms with Crippen LogP contribution in [-0.4, -0.2) is 11.8 Å². The molecule has 0 aliphatic rings. The summed E-state index contributed by atoms with van der Waals surface area (Å²) in [5.74, 6) is -0.836. The van der Waals surface area contributed by atoms with Gasteiger partial charge >= 0.3 is 0 Å². The number of hydrogen-bond acceptors (Lipinski definition) is 2. The first-order valence-corrected chi connectivity index (χ1v) is 6.85. The topological polar surface area (TPSA) is 58.2 Å². The second-order valence-electron chi connectivity index (χ2n) is 3.93. The first kappa shape index (κ1) is 14.6. The Morgan fingerprint density at radius 3 is 2.00 bits per heavy atom. The molecule has 20 heavy (non-hydrogen) atoms. The van der Waals surface area contributed by atoms with Crippen LogP contribution >= 0.6 is 27.5 Å². The summed E-state index contributed by atoms with van der Waals surface area (Å²) in [5.41, 5.74) is 5.48. The average molecular weight is 354 g/mol. The third-order valence-electron chi connectivity index (χ3n) is 2.46. The van der Waals surface area contributed by atoms with Crippen molar-refractivity contribution in [3.8, 4) is 0 Å². The fourth-order valence-electron chi connectivity index (χ4n) is 1.52. The third-order valence-corrected chi connectivity index (χ3v) is 3.19.